The van der Waals surface area contributed by atoms with Crippen LogP contribution in [0.15, 0.2) is 41.3 Å². The fourth-order valence-electron chi connectivity index (χ4n) is 3.62. The molecular formula is C22H27F2N3O4S. The molecule has 1 aliphatic rings. The fourth-order valence-corrected chi connectivity index (χ4v) is 4.69. The van der Waals surface area contributed by atoms with E-state index >= 15 is 0 Å². The first-order valence-corrected chi connectivity index (χ1v) is 11.6. The number of methoxy groups -OCH3 is 1. The van der Waals surface area contributed by atoms with E-state index < -0.39 is 21.7 Å². The van der Waals surface area contributed by atoms with E-state index in [1.165, 1.54) is 45.5 Å². The van der Waals surface area contributed by atoms with Crippen molar-refractivity contribution in [2.45, 2.75) is 30.3 Å². The van der Waals surface area contributed by atoms with E-state index in [4.69, 9.17) is 4.74 Å². The van der Waals surface area contributed by atoms with Crippen LogP contribution >= 0.6 is 0 Å². The van der Waals surface area contributed by atoms with Crippen LogP contribution in [0.1, 0.15) is 28.8 Å². The molecule has 0 atom stereocenters. The van der Waals surface area contributed by atoms with E-state index in [-0.39, 0.29) is 28.2 Å². The lowest BCUT2D eigenvalue weighted by atomic mass is 10.0. The van der Waals surface area contributed by atoms with Gasteiger partial charge in [0.1, 0.15) is 10.6 Å². The molecule has 32 heavy (non-hydrogen) atoms. The van der Waals surface area contributed by atoms with Gasteiger partial charge in [0.05, 0.1) is 7.11 Å². The van der Waals surface area contributed by atoms with E-state index in [9.17, 15) is 22.0 Å². The van der Waals surface area contributed by atoms with Crippen LogP contribution in [0.5, 0.6) is 5.75 Å². The average Bonchev–Trinajstić information content (AvgIpc) is 2.77. The molecule has 10 heteroatoms. The van der Waals surface area contributed by atoms with Crippen molar-refractivity contribution in [2.75, 3.05) is 34.3 Å². The summed E-state index contributed by atoms with van der Waals surface area (Å²) in [6.45, 7) is 1.88. The number of piperidine rings is 1. The Morgan fingerprint density at radius 1 is 1.12 bits per heavy atom. The number of hydrogen-bond donors (Lipinski definition) is 1. The van der Waals surface area contributed by atoms with Gasteiger partial charge < -0.3 is 10.1 Å². The SMILES string of the molecule is COc1ccc(C(=O)NC2CCN(Cc3ccc(F)c(F)c3)CC2)cc1S(=O)(=O)N(C)C. The average molecular weight is 468 g/mol. The highest BCUT2D eigenvalue weighted by molar-refractivity contribution is 7.89. The summed E-state index contributed by atoms with van der Waals surface area (Å²) >= 11 is 0. The Labute approximate surface area is 187 Å². The number of carbonyl (C=O) groups excluding carboxylic acids is 1. The van der Waals surface area contributed by atoms with Crippen LogP contribution in [0.4, 0.5) is 8.78 Å². The number of nitrogens with one attached hydrogen (secondary N) is 1. The summed E-state index contributed by atoms with van der Waals surface area (Å²) in [5, 5.41) is 2.96. The van der Waals surface area contributed by atoms with Crippen LogP contribution < -0.4 is 10.1 Å². The predicted molar refractivity (Wildman–Crippen MR) is 116 cm³/mol. The molecule has 0 unspecified atom stereocenters. The number of ether oxygens (including phenoxy) is 1. The van der Waals surface area contributed by atoms with Crippen LogP contribution in [0.3, 0.4) is 0 Å². The molecule has 0 bridgehead atoms. The third-order valence-corrected chi connectivity index (χ3v) is 7.33. The topological polar surface area (TPSA) is 79.0 Å². The van der Waals surface area contributed by atoms with Crippen molar-refractivity contribution >= 4 is 15.9 Å². The van der Waals surface area contributed by atoms with Crippen LogP contribution in [-0.4, -0.2) is 63.9 Å². The first kappa shape index (κ1) is 24.1. The predicted octanol–water partition coefficient (Wildman–Crippen LogP) is 2.62. The Bertz CT molecular complexity index is 1080. The molecular weight excluding hydrogens is 440 g/mol. The molecule has 3 rings (SSSR count). The maximum Gasteiger partial charge on any atom is 0.251 e. The van der Waals surface area contributed by atoms with Crippen molar-refractivity contribution in [2.24, 2.45) is 0 Å². The standard InChI is InChI=1S/C22H27F2N3O4S/c1-26(2)32(29,30)21-13-16(5-7-20(21)31-3)22(28)25-17-8-10-27(11-9-17)14-15-4-6-18(23)19(24)12-15/h4-7,12-13,17H,8-11,14H2,1-3H3,(H,25,28). The number of hydrogen-bond acceptors (Lipinski definition) is 5. The normalized spacial score (nSPS) is 15.7. The molecule has 1 amide bonds. The summed E-state index contributed by atoms with van der Waals surface area (Å²) in [5.41, 5.74) is 0.926. The minimum atomic E-state index is -3.78. The highest BCUT2D eigenvalue weighted by atomic mass is 32.2. The highest BCUT2D eigenvalue weighted by Gasteiger charge is 2.26. The van der Waals surface area contributed by atoms with Gasteiger partial charge in [0.15, 0.2) is 11.6 Å². The maximum absolute atomic E-state index is 13.4. The van der Waals surface area contributed by atoms with E-state index in [1.807, 2.05) is 0 Å². The Kier molecular flexibility index (Phi) is 7.47. The molecule has 7 nitrogen and oxygen atoms in total. The van der Waals surface area contributed by atoms with Gasteiger partial charge in [0.2, 0.25) is 10.0 Å². The molecule has 0 aliphatic carbocycles. The molecule has 1 N–H and O–H groups in total. The lowest BCUT2D eigenvalue weighted by molar-refractivity contribution is 0.0908. The van der Waals surface area contributed by atoms with Crippen LogP contribution in [0.2, 0.25) is 0 Å². The first-order valence-electron chi connectivity index (χ1n) is 10.2. The number of rotatable bonds is 7. The number of likely N-dealkylation sites (tertiary alicyclic amines) is 1. The molecule has 0 saturated carbocycles. The molecule has 1 fully saturated rings. The summed E-state index contributed by atoms with van der Waals surface area (Å²) in [5.74, 6) is -1.92. The molecule has 1 aliphatic heterocycles. The van der Waals surface area contributed by atoms with Gasteiger partial charge in [0.25, 0.3) is 5.91 Å². The van der Waals surface area contributed by atoms with E-state index in [0.717, 1.165) is 10.4 Å². The third kappa shape index (κ3) is 5.43. The number of sulfonamides is 1. The molecule has 0 radical (unpaired) electrons. The number of benzene rings is 2. The zero-order valence-corrected chi connectivity index (χ0v) is 19.1. The lowest BCUT2D eigenvalue weighted by Gasteiger charge is -2.32. The molecule has 1 saturated heterocycles. The summed E-state index contributed by atoms with van der Waals surface area (Å²) in [6.07, 6.45) is 1.38. The van der Waals surface area contributed by atoms with Crippen molar-refractivity contribution in [3.05, 3.63) is 59.2 Å². The van der Waals surface area contributed by atoms with Crippen molar-refractivity contribution in [3.8, 4) is 5.75 Å². The molecule has 0 spiro atoms. The summed E-state index contributed by atoms with van der Waals surface area (Å²) in [4.78, 5) is 14.8. The summed E-state index contributed by atoms with van der Waals surface area (Å²) in [6, 6.07) is 8.14. The minimum Gasteiger partial charge on any atom is -0.495 e. The van der Waals surface area contributed by atoms with Gasteiger partial charge in [-0.1, -0.05) is 6.07 Å². The van der Waals surface area contributed by atoms with Gasteiger partial charge in [-0.2, -0.15) is 0 Å². The maximum atomic E-state index is 13.4. The molecule has 2 aromatic rings. The summed E-state index contributed by atoms with van der Waals surface area (Å²) < 4.78 is 57.8. The van der Waals surface area contributed by atoms with Gasteiger partial charge in [-0.15, -0.1) is 0 Å². The van der Waals surface area contributed by atoms with Gasteiger partial charge in [0, 0.05) is 45.3 Å². The van der Waals surface area contributed by atoms with Crippen LogP contribution in [0.25, 0.3) is 0 Å². The van der Waals surface area contributed by atoms with Gasteiger partial charge >= 0.3 is 0 Å². The second-order valence-corrected chi connectivity index (χ2v) is 10.0. The van der Waals surface area contributed by atoms with Gasteiger partial charge in [-0.25, -0.2) is 21.5 Å². The molecule has 2 aromatic carbocycles. The lowest BCUT2D eigenvalue weighted by Crippen LogP contribution is -2.44. The Morgan fingerprint density at radius 2 is 1.81 bits per heavy atom. The highest BCUT2D eigenvalue weighted by Crippen LogP contribution is 2.27. The Morgan fingerprint density at radius 3 is 2.41 bits per heavy atom. The number of carbonyl (C=O) groups is 1. The zero-order chi connectivity index (χ0) is 23.5. The second-order valence-electron chi connectivity index (χ2n) is 7.93. The van der Waals surface area contributed by atoms with Gasteiger partial charge in [-0.05, 0) is 48.7 Å². The van der Waals surface area contributed by atoms with E-state index in [2.05, 4.69) is 10.2 Å². The van der Waals surface area contributed by atoms with Crippen molar-refractivity contribution < 1.29 is 26.7 Å². The fraction of sp³-hybridized carbons (Fsp3) is 0.409. The monoisotopic (exact) mass is 467 g/mol. The quantitative estimate of drug-likeness (QED) is 0.677. The first-order chi connectivity index (χ1) is 15.1. The Balaban J connectivity index is 1.62. The van der Waals surface area contributed by atoms with Crippen molar-refractivity contribution in [3.63, 3.8) is 0 Å². The minimum absolute atomic E-state index is 0.0697. The van der Waals surface area contributed by atoms with E-state index in [0.29, 0.717) is 38.0 Å². The molecule has 174 valence electrons. The summed E-state index contributed by atoms with van der Waals surface area (Å²) in [7, 11) is 0.417. The van der Waals surface area contributed by atoms with Crippen LogP contribution in [-0.2, 0) is 16.6 Å². The second kappa shape index (κ2) is 9.93. The van der Waals surface area contributed by atoms with Crippen molar-refractivity contribution in [1.82, 2.24) is 14.5 Å². The largest absolute Gasteiger partial charge is 0.495 e. The van der Waals surface area contributed by atoms with Gasteiger partial charge in [-0.3, -0.25) is 9.69 Å². The molecule has 1 heterocycles. The third-order valence-electron chi connectivity index (χ3n) is 5.50. The number of nitrogens with zero attached hydrogens (tertiary/aromatic N) is 2. The van der Waals surface area contributed by atoms with Crippen molar-refractivity contribution in [1.29, 1.82) is 0 Å². The number of halogens is 2. The van der Waals surface area contributed by atoms with Crippen LogP contribution in [0, 0.1) is 11.6 Å². The smallest absolute Gasteiger partial charge is 0.251 e. The Hall–Kier alpha value is -2.56. The number of amides is 1. The molecule has 0 aromatic heterocycles. The zero-order valence-electron chi connectivity index (χ0n) is 18.3. The van der Waals surface area contributed by atoms with E-state index in [1.54, 1.807) is 6.07 Å².